The Morgan fingerprint density at radius 2 is 1.92 bits per heavy atom. The predicted octanol–water partition coefficient (Wildman–Crippen LogP) is 3.12. The molecule has 25 heavy (non-hydrogen) atoms. The molecule has 1 aromatic carbocycles. The van der Waals surface area contributed by atoms with Crippen LogP contribution in [0.1, 0.15) is 4.88 Å². The predicted molar refractivity (Wildman–Crippen MR) is 97.2 cm³/mol. The molecule has 0 unspecified atom stereocenters. The smallest absolute Gasteiger partial charge is 0.354 e. The molecular weight excluding hydrogens is 358 g/mol. The van der Waals surface area contributed by atoms with E-state index in [1.165, 1.54) is 15.7 Å². The van der Waals surface area contributed by atoms with Crippen LogP contribution >= 0.6 is 22.9 Å². The molecule has 1 N–H and O–H groups in total. The van der Waals surface area contributed by atoms with E-state index in [0.29, 0.717) is 22.2 Å². The van der Waals surface area contributed by atoms with Crippen molar-refractivity contribution < 1.29 is 9.67 Å². The number of aromatic nitrogens is 3. The van der Waals surface area contributed by atoms with Crippen molar-refractivity contribution in [2.24, 2.45) is 0 Å². The van der Waals surface area contributed by atoms with E-state index in [0.717, 1.165) is 4.88 Å². The number of aromatic hydroxyl groups is 1. The molecule has 4 rings (SSSR count). The van der Waals surface area contributed by atoms with Crippen LogP contribution in [0.5, 0.6) is 5.88 Å². The Balaban J connectivity index is 2.02. The van der Waals surface area contributed by atoms with Gasteiger partial charge in [-0.1, -0.05) is 48.0 Å². The fourth-order valence-corrected chi connectivity index (χ4v) is 3.78. The van der Waals surface area contributed by atoms with Gasteiger partial charge in [0.25, 0.3) is 11.5 Å². The summed E-state index contributed by atoms with van der Waals surface area (Å²) in [5, 5.41) is 10.9. The number of rotatable bonds is 3. The molecule has 0 saturated heterocycles. The second-order valence-corrected chi connectivity index (χ2v) is 7.16. The number of hydrogen-bond donors (Lipinski definition) is 1. The summed E-state index contributed by atoms with van der Waals surface area (Å²) in [5.74, 6) is -0.0769. The molecule has 0 radical (unpaired) electrons. The lowest BCUT2D eigenvalue weighted by molar-refractivity contribution is -0.671. The van der Waals surface area contributed by atoms with E-state index in [1.54, 1.807) is 41.2 Å². The third-order valence-corrected chi connectivity index (χ3v) is 5.03. The SMILES string of the molecule is O=c1c(-c2ccccc2)c(O)[n+](Cc2cnc(Cl)s2)c2ccccn12. The van der Waals surface area contributed by atoms with Gasteiger partial charge in [0.2, 0.25) is 0 Å². The van der Waals surface area contributed by atoms with Crippen molar-refractivity contribution in [1.82, 2.24) is 9.38 Å². The molecule has 0 aliphatic carbocycles. The fourth-order valence-electron chi connectivity index (χ4n) is 2.81. The number of nitrogens with zero attached hydrogens (tertiary/aromatic N) is 3. The van der Waals surface area contributed by atoms with Gasteiger partial charge in [-0.25, -0.2) is 9.78 Å². The quantitative estimate of drug-likeness (QED) is 0.564. The molecule has 7 heteroatoms. The maximum atomic E-state index is 12.9. The van der Waals surface area contributed by atoms with Gasteiger partial charge >= 0.3 is 5.56 Å². The van der Waals surface area contributed by atoms with Gasteiger partial charge in [-0.15, -0.1) is 11.3 Å². The van der Waals surface area contributed by atoms with Crippen LogP contribution in [0.25, 0.3) is 16.8 Å². The normalized spacial score (nSPS) is 11.1. The summed E-state index contributed by atoms with van der Waals surface area (Å²) in [6.45, 7) is 0.365. The molecule has 0 fully saturated rings. The molecular formula is C18H13ClN3O2S+. The highest BCUT2D eigenvalue weighted by molar-refractivity contribution is 7.15. The summed E-state index contributed by atoms with van der Waals surface area (Å²) in [7, 11) is 0. The van der Waals surface area contributed by atoms with Crippen molar-refractivity contribution in [2.45, 2.75) is 6.54 Å². The molecule has 4 aromatic rings. The Morgan fingerprint density at radius 3 is 2.64 bits per heavy atom. The number of pyridine rings is 1. The molecule has 124 valence electrons. The van der Waals surface area contributed by atoms with Crippen LogP contribution in [0.4, 0.5) is 0 Å². The monoisotopic (exact) mass is 370 g/mol. The first-order valence-electron chi connectivity index (χ1n) is 7.57. The fraction of sp³-hybridized carbons (Fsp3) is 0.0556. The van der Waals surface area contributed by atoms with E-state index in [4.69, 9.17) is 11.6 Å². The molecule has 0 saturated carbocycles. The zero-order valence-corrected chi connectivity index (χ0v) is 14.5. The lowest BCUT2D eigenvalue weighted by atomic mass is 10.1. The Bertz CT molecular complexity index is 1120. The van der Waals surface area contributed by atoms with E-state index < -0.39 is 0 Å². The van der Waals surface area contributed by atoms with Gasteiger partial charge in [-0.05, 0) is 11.6 Å². The summed E-state index contributed by atoms with van der Waals surface area (Å²) >= 11 is 7.26. The minimum atomic E-state index is -0.266. The van der Waals surface area contributed by atoms with Gasteiger partial charge in [0.15, 0.2) is 10.0 Å². The summed E-state index contributed by atoms with van der Waals surface area (Å²) in [4.78, 5) is 17.8. The van der Waals surface area contributed by atoms with Crippen LogP contribution in [-0.4, -0.2) is 14.5 Å². The van der Waals surface area contributed by atoms with E-state index in [2.05, 4.69) is 4.98 Å². The second-order valence-electron chi connectivity index (χ2n) is 5.46. The Hall–Kier alpha value is -2.70. The van der Waals surface area contributed by atoms with E-state index in [-0.39, 0.29) is 17.0 Å². The molecule has 3 aromatic heterocycles. The van der Waals surface area contributed by atoms with Crippen molar-refractivity contribution in [3.63, 3.8) is 0 Å². The molecule has 0 amide bonds. The molecule has 5 nitrogen and oxygen atoms in total. The summed E-state index contributed by atoms with van der Waals surface area (Å²) in [6, 6.07) is 14.5. The van der Waals surface area contributed by atoms with Crippen LogP contribution in [0.2, 0.25) is 4.47 Å². The van der Waals surface area contributed by atoms with Gasteiger partial charge in [0, 0.05) is 12.3 Å². The van der Waals surface area contributed by atoms with E-state index >= 15 is 0 Å². The van der Waals surface area contributed by atoms with E-state index in [9.17, 15) is 9.90 Å². The number of thiazole rings is 1. The van der Waals surface area contributed by atoms with Crippen molar-refractivity contribution in [3.05, 3.63) is 80.6 Å². The van der Waals surface area contributed by atoms with Gasteiger partial charge in [-0.2, -0.15) is 8.97 Å². The molecule has 0 aliphatic heterocycles. The van der Waals surface area contributed by atoms with Crippen LogP contribution in [-0.2, 0) is 6.54 Å². The lowest BCUT2D eigenvalue weighted by Crippen LogP contribution is -2.41. The first kappa shape index (κ1) is 15.8. The number of benzene rings is 1. The molecule has 3 heterocycles. The maximum absolute atomic E-state index is 12.9. The average Bonchev–Trinajstić information content (AvgIpc) is 3.05. The highest BCUT2D eigenvalue weighted by Gasteiger charge is 2.25. The van der Waals surface area contributed by atoms with Gasteiger partial charge in [0.05, 0.1) is 11.1 Å². The Labute approximate surface area is 152 Å². The minimum absolute atomic E-state index is 0.0769. The van der Waals surface area contributed by atoms with E-state index in [1.807, 2.05) is 24.3 Å². The highest BCUT2D eigenvalue weighted by Crippen LogP contribution is 2.24. The highest BCUT2D eigenvalue weighted by atomic mass is 35.5. The number of halogens is 1. The number of fused-ring (bicyclic) bond motifs is 1. The first-order valence-corrected chi connectivity index (χ1v) is 8.76. The average molecular weight is 371 g/mol. The van der Waals surface area contributed by atoms with Crippen molar-refractivity contribution in [1.29, 1.82) is 0 Å². The molecule has 0 spiro atoms. The van der Waals surface area contributed by atoms with Crippen LogP contribution in [0, 0.1) is 0 Å². The lowest BCUT2D eigenvalue weighted by Gasteiger charge is -2.09. The largest absolute Gasteiger partial charge is 0.477 e. The summed E-state index contributed by atoms with van der Waals surface area (Å²) in [6.07, 6.45) is 3.37. The third-order valence-electron chi connectivity index (χ3n) is 3.93. The summed E-state index contributed by atoms with van der Waals surface area (Å²) in [5.41, 5.74) is 1.26. The standard InChI is InChI=1S/C18H12ClN3O2S/c19-18-20-10-13(25-18)11-22-14-8-4-5-9-21(14)16(23)15(17(22)24)12-6-2-1-3-7-12/h1-10H,11H2/p+1. The molecule has 0 atom stereocenters. The van der Waals surface area contributed by atoms with Crippen molar-refractivity contribution in [2.75, 3.05) is 0 Å². The van der Waals surface area contributed by atoms with Gasteiger partial charge in [-0.3, -0.25) is 0 Å². The van der Waals surface area contributed by atoms with Crippen LogP contribution in [0.15, 0.2) is 65.7 Å². The number of hydrogen-bond acceptors (Lipinski definition) is 4. The molecule has 0 aliphatic rings. The third kappa shape index (κ3) is 2.79. The first-order chi connectivity index (χ1) is 12.1. The maximum Gasteiger partial charge on any atom is 0.354 e. The van der Waals surface area contributed by atoms with Crippen LogP contribution in [0.3, 0.4) is 0 Å². The Morgan fingerprint density at radius 1 is 1.16 bits per heavy atom. The van der Waals surface area contributed by atoms with Crippen molar-refractivity contribution in [3.8, 4) is 17.0 Å². The topological polar surface area (TPSA) is 58.5 Å². The minimum Gasteiger partial charge on any atom is -0.477 e. The Kier molecular flexibility index (Phi) is 3.99. The zero-order valence-electron chi connectivity index (χ0n) is 13.0. The summed E-state index contributed by atoms with van der Waals surface area (Å²) < 4.78 is 3.66. The second kappa shape index (κ2) is 6.31. The zero-order chi connectivity index (χ0) is 17.4. The van der Waals surface area contributed by atoms with Crippen LogP contribution < -0.4 is 10.1 Å². The van der Waals surface area contributed by atoms with Crippen molar-refractivity contribution >= 4 is 28.6 Å². The van der Waals surface area contributed by atoms with Gasteiger partial charge < -0.3 is 5.11 Å². The van der Waals surface area contributed by atoms with Gasteiger partial charge in [0.1, 0.15) is 6.54 Å². The molecule has 0 bridgehead atoms.